The molecule has 0 spiro atoms. The van der Waals surface area contributed by atoms with Gasteiger partial charge in [-0.2, -0.15) is 0 Å². The maximum absolute atomic E-state index is 12.2. The molecule has 0 atom stereocenters. The predicted molar refractivity (Wildman–Crippen MR) is 110 cm³/mol. The molecule has 1 aromatic carbocycles. The van der Waals surface area contributed by atoms with E-state index >= 15 is 0 Å². The molecule has 2 aromatic heterocycles. The second-order valence-corrected chi connectivity index (χ2v) is 8.24. The van der Waals surface area contributed by atoms with Gasteiger partial charge in [0.2, 0.25) is 5.88 Å². The van der Waals surface area contributed by atoms with Gasteiger partial charge in [0.05, 0.1) is 6.54 Å². The second-order valence-electron chi connectivity index (χ2n) is 6.50. The lowest BCUT2D eigenvalue weighted by Crippen LogP contribution is -2.18. The number of rotatable bonds is 6. The van der Waals surface area contributed by atoms with Crippen LogP contribution in [0, 0.1) is 5.92 Å². The van der Waals surface area contributed by atoms with Crippen molar-refractivity contribution in [1.82, 2.24) is 9.55 Å². The number of aromatic nitrogens is 2. The van der Waals surface area contributed by atoms with Gasteiger partial charge in [0, 0.05) is 33.9 Å². The molecule has 0 saturated carbocycles. The molecule has 0 unspecified atom stereocenters. The first kappa shape index (κ1) is 19.7. The lowest BCUT2D eigenvalue weighted by molar-refractivity contribution is 0.211. The lowest BCUT2D eigenvalue weighted by Gasteiger charge is -2.11. The first-order chi connectivity index (χ1) is 12.9. The maximum atomic E-state index is 12.2. The standard InChI is InChI=1S/C19H19Cl2N3O2S/c1-12(2)7-13-8-17(26-19(25)23-18-22-5-6-27-18)24(10-13)11-14-9-15(20)3-4-16(14)21/h3-6,8-10,12H,7,11H2,1-2H3,(H,22,23,25). The Hall–Kier alpha value is -2.02. The molecule has 0 bridgehead atoms. The zero-order valence-corrected chi connectivity index (χ0v) is 17.2. The Balaban J connectivity index is 1.83. The Morgan fingerprint density at radius 1 is 1.33 bits per heavy atom. The Kier molecular flexibility index (Phi) is 6.42. The van der Waals surface area contributed by atoms with Crippen molar-refractivity contribution in [3.05, 3.63) is 63.2 Å². The number of hydrogen-bond donors (Lipinski definition) is 1. The van der Waals surface area contributed by atoms with Crippen molar-refractivity contribution in [1.29, 1.82) is 0 Å². The van der Waals surface area contributed by atoms with E-state index in [9.17, 15) is 4.79 Å². The van der Waals surface area contributed by atoms with E-state index in [4.69, 9.17) is 27.9 Å². The van der Waals surface area contributed by atoms with Crippen LogP contribution in [0.5, 0.6) is 5.88 Å². The minimum absolute atomic E-state index is 0.441. The molecule has 0 radical (unpaired) electrons. The minimum Gasteiger partial charge on any atom is -0.393 e. The minimum atomic E-state index is -0.586. The van der Waals surface area contributed by atoms with E-state index in [-0.39, 0.29) is 0 Å². The second kappa shape index (κ2) is 8.78. The van der Waals surface area contributed by atoms with Crippen molar-refractivity contribution < 1.29 is 9.53 Å². The molecule has 0 aliphatic heterocycles. The van der Waals surface area contributed by atoms with E-state index in [1.807, 2.05) is 22.9 Å². The molecule has 0 fully saturated rings. The third kappa shape index (κ3) is 5.48. The van der Waals surface area contributed by atoms with Crippen molar-refractivity contribution in [3.63, 3.8) is 0 Å². The van der Waals surface area contributed by atoms with Crippen molar-refractivity contribution in [2.75, 3.05) is 5.32 Å². The number of carbonyl (C=O) groups excluding carboxylic acids is 1. The first-order valence-corrected chi connectivity index (χ1v) is 10.1. The highest BCUT2D eigenvalue weighted by Gasteiger charge is 2.15. The van der Waals surface area contributed by atoms with Gasteiger partial charge in [-0.15, -0.1) is 11.3 Å². The Morgan fingerprint density at radius 3 is 2.85 bits per heavy atom. The van der Waals surface area contributed by atoms with Crippen molar-refractivity contribution in [2.24, 2.45) is 5.92 Å². The summed E-state index contributed by atoms with van der Waals surface area (Å²) in [6, 6.07) is 7.19. The molecule has 0 aliphatic carbocycles. The van der Waals surface area contributed by atoms with Crippen LogP contribution in [-0.4, -0.2) is 15.6 Å². The molecule has 3 aromatic rings. The molecule has 0 saturated heterocycles. The summed E-state index contributed by atoms with van der Waals surface area (Å²) in [6.07, 6.45) is 3.88. The van der Waals surface area contributed by atoms with Gasteiger partial charge in [-0.05, 0) is 41.7 Å². The van der Waals surface area contributed by atoms with E-state index < -0.39 is 6.09 Å². The van der Waals surface area contributed by atoms with Crippen LogP contribution in [0.1, 0.15) is 25.0 Å². The average Bonchev–Trinajstić information content (AvgIpc) is 3.21. The fraction of sp³-hybridized carbons (Fsp3) is 0.263. The van der Waals surface area contributed by atoms with E-state index in [1.165, 1.54) is 11.3 Å². The summed E-state index contributed by atoms with van der Waals surface area (Å²) < 4.78 is 7.38. The van der Waals surface area contributed by atoms with E-state index in [0.29, 0.717) is 33.5 Å². The number of ether oxygens (including phenoxy) is 1. The van der Waals surface area contributed by atoms with Crippen LogP contribution in [0.15, 0.2) is 42.0 Å². The van der Waals surface area contributed by atoms with Crippen LogP contribution in [0.2, 0.25) is 10.0 Å². The number of anilines is 1. The molecule has 8 heteroatoms. The number of amides is 1. The zero-order valence-electron chi connectivity index (χ0n) is 14.9. The molecule has 1 N–H and O–H groups in total. The van der Waals surface area contributed by atoms with Crippen LogP contribution in [-0.2, 0) is 13.0 Å². The first-order valence-electron chi connectivity index (χ1n) is 8.42. The fourth-order valence-corrected chi connectivity index (χ4v) is 3.56. The third-order valence-electron chi connectivity index (χ3n) is 3.74. The van der Waals surface area contributed by atoms with Crippen LogP contribution in [0.4, 0.5) is 9.93 Å². The van der Waals surface area contributed by atoms with Crippen molar-refractivity contribution in [3.8, 4) is 5.88 Å². The van der Waals surface area contributed by atoms with E-state index in [1.54, 1.807) is 23.7 Å². The summed E-state index contributed by atoms with van der Waals surface area (Å²) in [5.41, 5.74) is 1.93. The van der Waals surface area contributed by atoms with Crippen LogP contribution >= 0.6 is 34.5 Å². The van der Waals surface area contributed by atoms with Crippen LogP contribution in [0.25, 0.3) is 0 Å². The zero-order chi connectivity index (χ0) is 19.4. The average molecular weight is 424 g/mol. The van der Waals surface area contributed by atoms with Gasteiger partial charge in [0.15, 0.2) is 5.13 Å². The summed E-state index contributed by atoms with van der Waals surface area (Å²) in [5.74, 6) is 0.920. The summed E-state index contributed by atoms with van der Waals surface area (Å²) in [6.45, 7) is 4.72. The molecule has 5 nitrogen and oxygen atoms in total. The Labute approximate surface area is 171 Å². The van der Waals surface area contributed by atoms with Crippen LogP contribution < -0.4 is 10.1 Å². The molecule has 142 valence electrons. The summed E-state index contributed by atoms with van der Waals surface area (Å²) in [4.78, 5) is 16.2. The molecule has 0 aliphatic rings. The van der Waals surface area contributed by atoms with Crippen molar-refractivity contribution in [2.45, 2.75) is 26.8 Å². The topological polar surface area (TPSA) is 56.1 Å². The normalized spacial score (nSPS) is 11.0. The lowest BCUT2D eigenvalue weighted by atomic mass is 10.1. The number of halogens is 2. The third-order valence-corrected chi connectivity index (χ3v) is 5.04. The molecular formula is C19H19Cl2N3O2S. The Bertz CT molecular complexity index is 923. The van der Waals surface area contributed by atoms with Gasteiger partial charge in [-0.1, -0.05) is 37.0 Å². The summed E-state index contributed by atoms with van der Waals surface area (Å²) in [5, 5.41) is 6.09. The van der Waals surface area contributed by atoms with Gasteiger partial charge in [0.1, 0.15) is 0 Å². The monoisotopic (exact) mass is 423 g/mol. The van der Waals surface area contributed by atoms with Gasteiger partial charge in [-0.25, -0.2) is 9.78 Å². The number of hydrogen-bond acceptors (Lipinski definition) is 4. The van der Waals surface area contributed by atoms with Crippen molar-refractivity contribution >= 4 is 45.8 Å². The molecule has 1 amide bonds. The quantitative estimate of drug-likeness (QED) is 0.520. The van der Waals surface area contributed by atoms with E-state index in [0.717, 1.165) is 17.5 Å². The highest BCUT2D eigenvalue weighted by atomic mass is 35.5. The number of carbonyl (C=O) groups is 1. The molecule has 3 rings (SSSR count). The van der Waals surface area contributed by atoms with Gasteiger partial charge < -0.3 is 9.30 Å². The van der Waals surface area contributed by atoms with Gasteiger partial charge in [-0.3, -0.25) is 5.32 Å². The number of benzene rings is 1. The SMILES string of the molecule is CC(C)Cc1cc(OC(=O)Nc2nccs2)n(Cc2cc(Cl)ccc2Cl)c1. The number of thiazole rings is 1. The number of nitrogens with zero attached hydrogens (tertiary/aromatic N) is 2. The molecular weight excluding hydrogens is 405 g/mol. The summed E-state index contributed by atoms with van der Waals surface area (Å²) >= 11 is 13.7. The highest BCUT2D eigenvalue weighted by molar-refractivity contribution is 7.13. The molecule has 2 heterocycles. The smallest absolute Gasteiger partial charge is 0.393 e. The Morgan fingerprint density at radius 2 is 2.15 bits per heavy atom. The summed E-state index contributed by atoms with van der Waals surface area (Å²) in [7, 11) is 0. The maximum Gasteiger partial charge on any atom is 0.420 e. The number of nitrogens with one attached hydrogen (secondary N) is 1. The highest BCUT2D eigenvalue weighted by Crippen LogP contribution is 2.26. The fourth-order valence-electron chi connectivity index (χ4n) is 2.68. The van der Waals surface area contributed by atoms with E-state index in [2.05, 4.69) is 24.1 Å². The van der Waals surface area contributed by atoms with Gasteiger partial charge >= 0.3 is 6.09 Å². The largest absolute Gasteiger partial charge is 0.420 e. The molecule has 27 heavy (non-hydrogen) atoms. The van der Waals surface area contributed by atoms with Crippen LogP contribution in [0.3, 0.4) is 0 Å². The van der Waals surface area contributed by atoms with Gasteiger partial charge in [0.25, 0.3) is 0 Å². The predicted octanol–water partition coefficient (Wildman–Crippen LogP) is 6.11.